The normalized spacial score (nSPS) is 12.9. The lowest BCUT2D eigenvalue weighted by Gasteiger charge is -2.11. The Hall–Kier alpha value is -1.17. The highest BCUT2D eigenvalue weighted by Crippen LogP contribution is 2.22. The second kappa shape index (κ2) is 5.25. The molecule has 2 rings (SSSR count). The molecule has 0 amide bonds. The van der Waals surface area contributed by atoms with Crippen LogP contribution in [0.4, 0.5) is 0 Å². The van der Waals surface area contributed by atoms with Crippen LogP contribution in [0.5, 0.6) is 0 Å². The second-order valence-electron chi connectivity index (χ2n) is 3.62. The largest absolute Gasteiger partial charge is 0.347 e. The molecule has 0 bridgehead atoms. The van der Waals surface area contributed by atoms with Gasteiger partial charge in [0.1, 0.15) is 5.82 Å². The molecule has 0 aromatic carbocycles. The van der Waals surface area contributed by atoms with Crippen LogP contribution in [-0.2, 0) is 12.8 Å². The van der Waals surface area contributed by atoms with Gasteiger partial charge in [0, 0.05) is 28.6 Å². The van der Waals surface area contributed by atoms with Gasteiger partial charge >= 0.3 is 0 Å². The highest BCUT2D eigenvalue weighted by molar-refractivity contribution is 7.11. The molecule has 0 saturated carbocycles. The van der Waals surface area contributed by atoms with Crippen LogP contribution in [0.15, 0.2) is 24.5 Å². The van der Waals surface area contributed by atoms with Crippen LogP contribution in [0.2, 0.25) is 0 Å². The maximum atomic E-state index is 5.55. The summed E-state index contributed by atoms with van der Waals surface area (Å²) in [6.45, 7) is 2.17. The molecule has 1 unspecified atom stereocenters. The maximum Gasteiger partial charge on any atom is 0.124 e. The van der Waals surface area contributed by atoms with E-state index in [0.717, 1.165) is 18.7 Å². The van der Waals surface area contributed by atoms with E-state index in [0.29, 0.717) is 0 Å². The van der Waals surface area contributed by atoms with Crippen molar-refractivity contribution >= 4 is 11.3 Å². The molecule has 0 radical (unpaired) electrons. The summed E-state index contributed by atoms with van der Waals surface area (Å²) in [6.07, 6.45) is 5.51. The number of imidazole rings is 1. The first-order valence-corrected chi connectivity index (χ1v) is 6.18. The Morgan fingerprint density at radius 2 is 2.31 bits per heavy atom. The molecule has 5 heteroatoms. The first-order valence-electron chi connectivity index (χ1n) is 5.36. The molecule has 4 nitrogen and oxygen atoms in total. The van der Waals surface area contributed by atoms with Crippen LogP contribution >= 0.6 is 11.3 Å². The van der Waals surface area contributed by atoms with E-state index in [-0.39, 0.29) is 6.04 Å². The number of aromatic amines is 1. The quantitative estimate of drug-likeness (QED) is 0.547. The fourth-order valence-electron chi connectivity index (χ4n) is 1.63. The Morgan fingerprint density at radius 1 is 1.50 bits per heavy atom. The van der Waals surface area contributed by atoms with Crippen LogP contribution in [0.25, 0.3) is 0 Å². The summed E-state index contributed by atoms with van der Waals surface area (Å²) in [4.78, 5) is 10.0. The second-order valence-corrected chi connectivity index (χ2v) is 4.87. The molecule has 0 fully saturated rings. The zero-order chi connectivity index (χ0) is 11.4. The number of hydrogen-bond acceptors (Lipinski definition) is 4. The number of hydrogen-bond donors (Lipinski definition) is 3. The fraction of sp³-hybridized carbons (Fsp3) is 0.364. The first kappa shape index (κ1) is 11.3. The highest BCUT2D eigenvalue weighted by Gasteiger charge is 2.13. The van der Waals surface area contributed by atoms with Gasteiger partial charge in [-0.2, -0.15) is 0 Å². The summed E-state index contributed by atoms with van der Waals surface area (Å²) >= 11 is 1.84. The molecule has 4 N–H and O–H groups in total. The number of H-pyrrole nitrogens is 1. The van der Waals surface area contributed by atoms with Crippen LogP contribution in [0.3, 0.4) is 0 Å². The van der Waals surface area contributed by atoms with Crippen LogP contribution in [-0.4, -0.2) is 9.97 Å². The molecule has 16 heavy (non-hydrogen) atoms. The van der Waals surface area contributed by atoms with Gasteiger partial charge in [-0.3, -0.25) is 5.84 Å². The molecule has 0 aliphatic carbocycles. The van der Waals surface area contributed by atoms with Gasteiger partial charge < -0.3 is 4.98 Å². The number of nitrogens with two attached hydrogens (primary N) is 1. The Labute approximate surface area is 98.9 Å². The lowest BCUT2D eigenvalue weighted by molar-refractivity contribution is 0.531. The van der Waals surface area contributed by atoms with Crippen molar-refractivity contribution in [3.05, 3.63) is 40.1 Å². The van der Waals surface area contributed by atoms with Crippen molar-refractivity contribution in [1.82, 2.24) is 15.4 Å². The predicted molar refractivity (Wildman–Crippen MR) is 66.1 cm³/mol. The van der Waals surface area contributed by atoms with Crippen molar-refractivity contribution < 1.29 is 0 Å². The third kappa shape index (κ3) is 2.49. The minimum Gasteiger partial charge on any atom is -0.347 e. The van der Waals surface area contributed by atoms with E-state index < -0.39 is 0 Å². The predicted octanol–water partition coefficient (Wildman–Crippen LogP) is 1.78. The highest BCUT2D eigenvalue weighted by atomic mass is 32.1. The Morgan fingerprint density at radius 3 is 2.88 bits per heavy atom. The number of thiophene rings is 1. The Kier molecular flexibility index (Phi) is 3.71. The van der Waals surface area contributed by atoms with Gasteiger partial charge in [0.05, 0.1) is 6.04 Å². The lowest BCUT2D eigenvalue weighted by atomic mass is 10.2. The summed E-state index contributed by atoms with van der Waals surface area (Å²) in [5, 5.41) is 0. The van der Waals surface area contributed by atoms with E-state index in [1.54, 1.807) is 6.20 Å². The number of rotatable bonds is 5. The molecule has 2 heterocycles. The molecule has 0 aliphatic heterocycles. The van der Waals surface area contributed by atoms with E-state index in [2.05, 4.69) is 34.5 Å². The molecular formula is C11H16N4S. The molecule has 86 valence electrons. The Bertz CT molecular complexity index is 421. The molecule has 2 aromatic heterocycles. The van der Waals surface area contributed by atoms with Gasteiger partial charge in [-0.25, -0.2) is 10.4 Å². The van der Waals surface area contributed by atoms with E-state index in [1.165, 1.54) is 9.75 Å². The lowest BCUT2D eigenvalue weighted by Crippen LogP contribution is -2.30. The van der Waals surface area contributed by atoms with Gasteiger partial charge in [0.25, 0.3) is 0 Å². The van der Waals surface area contributed by atoms with Crippen LogP contribution in [0.1, 0.15) is 28.5 Å². The van der Waals surface area contributed by atoms with Crippen LogP contribution < -0.4 is 11.3 Å². The van der Waals surface area contributed by atoms with Gasteiger partial charge in [0.15, 0.2) is 0 Å². The summed E-state index contributed by atoms with van der Waals surface area (Å²) in [5.74, 6) is 6.43. The maximum absolute atomic E-state index is 5.55. The van der Waals surface area contributed by atoms with Crippen molar-refractivity contribution in [2.75, 3.05) is 0 Å². The number of nitrogens with one attached hydrogen (secondary N) is 2. The third-order valence-electron chi connectivity index (χ3n) is 2.52. The van der Waals surface area contributed by atoms with Gasteiger partial charge in [-0.1, -0.05) is 6.92 Å². The number of nitrogens with zero attached hydrogens (tertiary/aromatic N) is 1. The summed E-state index contributed by atoms with van der Waals surface area (Å²) in [6, 6.07) is 4.39. The summed E-state index contributed by atoms with van der Waals surface area (Å²) in [7, 11) is 0. The van der Waals surface area contributed by atoms with Crippen molar-refractivity contribution in [3.63, 3.8) is 0 Å². The van der Waals surface area contributed by atoms with Crippen molar-refractivity contribution in [2.45, 2.75) is 25.8 Å². The molecule has 0 aliphatic rings. The molecule has 0 spiro atoms. The first-order chi connectivity index (χ1) is 7.83. The molecule has 0 saturated heterocycles. The van der Waals surface area contributed by atoms with Crippen molar-refractivity contribution in [1.29, 1.82) is 0 Å². The van der Waals surface area contributed by atoms with E-state index in [1.807, 2.05) is 17.5 Å². The molecule has 1 atom stereocenters. The average molecular weight is 236 g/mol. The number of hydrazine groups is 1. The van der Waals surface area contributed by atoms with Gasteiger partial charge in [0.2, 0.25) is 0 Å². The van der Waals surface area contributed by atoms with Crippen molar-refractivity contribution in [2.24, 2.45) is 5.84 Å². The minimum absolute atomic E-state index is 0.0540. The monoisotopic (exact) mass is 236 g/mol. The van der Waals surface area contributed by atoms with Crippen LogP contribution in [0, 0.1) is 0 Å². The zero-order valence-corrected chi connectivity index (χ0v) is 10.1. The zero-order valence-electron chi connectivity index (χ0n) is 9.23. The summed E-state index contributed by atoms with van der Waals surface area (Å²) < 4.78 is 0. The topological polar surface area (TPSA) is 66.7 Å². The number of aryl methyl sites for hydroxylation is 1. The number of aromatic nitrogens is 2. The smallest absolute Gasteiger partial charge is 0.124 e. The fourth-order valence-corrected chi connectivity index (χ4v) is 2.63. The van der Waals surface area contributed by atoms with Gasteiger partial charge in [-0.15, -0.1) is 11.3 Å². The van der Waals surface area contributed by atoms with E-state index in [9.17, 15) is 0 Å². The summed E-state index contributed by atoms with van der Waals surface area (Å²) in [5.41, 5.74) is 2.79. The molecular weight excluding hydrogens is 220 g/mol. The minimum atomic E-state index is 0.0540. The van der Waals surface area contributed by atoms with E-state index >= 15 is 0 Å². The SMILES string of the molecule is CCc1ccc(CC(NN)c2ncc[nH]2)s1. The van der Waals surface area contributed by atoms with Gasteiger partial charge in [-0.05, 0) is 18.6 Å². The molecule has 2 aromatic rings. The Balaban J connectivity index is 2.07. The standard InChI is InChI=1S/C11H16N4S/c1-2-8-3-4-9(16-8)7-10(15-12)11-13-5-6-14-11/h3-6,10,15H,2,7,12H2,1H3,(H,13,14). The van der Waals surface area contributed by atoms with E-state index in [4.69, 9.17) is 5.84 Å². The average Bonchev–Trinajstić information content (AvgIpc) is 2.96. The van der Waals surface area contributed by atoms with Crippen molar-refractivity contribution in [3.8, 4) is 0 Å². The third-order valence-corrected chi connectivity index (χ3v) is 3.77.